The van der Waals surface area contributed by atoms with Gasteiger partial charge in [0, 0.05) is 25.5 Å². The molecule has 0 atom stereocenters. The second-order valence-corrected chi connectivity index (χ2v) is 6.20. The highest BCUT2D eigenvalue weighted by molar-refractivity contribution is 7.97. The molecule has 4 rings (SSSR count). The van der Waals surface area contributed by atoms with E-state index in [2.05, 4.69) is 31.6 Å². The van der Waals surface area contributed by atoms with Crippen LogP contribution in [0.2, 0.25) is 0 Å². The Morgan fingerprint density at radius 3 is 3.26 bits per heavy atom. The number of nitrogens with one attached hydrogen (secondary N) is 1. The number of fused-ring (bicyclic) bond motifs is 1. The standard InChI is InChI=1S/C14H17N7OS/c1-23-9-12-17-13(22-19-12)8-20-4-3-16-14(20)11-6-10-7-15-2-5-21(10)18-11/h3-4,6,15H,2,5,7-9H2,1H3. The number of rotatable bonds is 5. The first-order chi connectivity index (χ1) is 11.3. The highest BCUT2D eigenvalue weighted by atomic mass is 32.2. The van der Waals surface area contributed by atoms with Gasteiger partial charge in [-0.1, -0.05) is 5.16 Å². The summed E-state index contributed by atoms with van der Waals surface area (Å²) in [4.78, 5) is 8.83. The van der Waals surface area contributed by atoms with Crippen molar-refractivity contribution in [2.24, 2.45) is 0 Å². The second-order valence-electron chi connectivity index (χ2n) is 5.34. The van der Waals surface area contributed by atoms with Gasteiger partial charge in [-0.25, -0.2) is 4.98 Å². The van der Waals surface area contributed by atoms with E-state index in [1.807, 2.05) is 21.7 Å². The molecule has 1 aliphatic rings. The summed E-state index contributed by atoms with van der Waals surface area (Å²) in [6.07, 6.45) is 5.69. The molecule has 0 aromatic carbocycles. The predicted octanol–water partition coefficient (Wildman–Crippen LogP) is 1.14. The Morgan fingerprint density at radius 2 is 2.39 bits per heavy atom. The van der Waals surface area contributed by atoms with Crippen LogP contribution in [-0.2, 0) is 25.4 Å². The van der Waals surface area contributed by atoms with E-state index in [4.69, 9.17) is 4.52 Å². The first-order valence-corrected chi connectivity index (χ1v) is 8.82. The second kappa shape index (κ2) is 6.17. The number of nitrogens with zero attached hydrogens (tertiary/aromatic N) is 6. The fourth-order valence-electron chi connectivity index (χ4n) is 2.66. The fraction of sp³-hybridized carbons (Fsp3) is 0.429. The molecule has 8 nitrogen and oxygen atoms in total. The van der Waals surface area contributed by atoms with Crippen LogP contribution in [0.5, 0.6) is 0 Å². The lowest BCUT2D eigenvalue weighted by atomic mass is 10.3. The summed E-state index contributed by atoms with van der Waals surface area (Å²) in [7, 11) is 0. The summed E-state index contributed by atoms with van der Waals surface area (Å²) in [5, 5.41) is 12.0. The van der Waals surface area contributed by atoms with Crippen LogP contribution in [0.25, 0.3) is 11.5 Å². The molecule has 120 valence electrons. The molecule has 4 heterocycles. The van der Waals surface area contributed by atoms with Crippen molar-refractivity contribution in [3.63, 3.8) is 0 Å². The minimum atomic E-state index is 0.497. The maximum atomic E-state index is 5.30. The van der Waals surface area contributed by atoms with Gasteiger partial charge in [-0.05, 0) is 12.3 Å². The average molecular weight is 331 g/mol. The molecule has 0 amide bonds. The van der Waals surface area contributed by atoms with Crippen molar-refractivity contribution in [3.05, 3.63) is 35.9 Å². The van der Waals surface area contributed by atoms with Crippen molar-refractivity contribution in [1.82, 2.24) is 34.8 Å². The van der Waals surface area contributed by atoms with Gasteiger partial charge in [0.1, 0.15) is 12.2 Å². The van der Waals surface area contributed by atoms with Crippen LogP contribution in [0.1, 0.15) is 17.4 Å². The van der Waals surface area contributed by atoms with Crippen LogP contribution in [0.4, 0.5) is 0 Å². The molecule has 0 aliphatic carbocycles. The van der Waals surface area contributed by atoms with Crippen LogP contribution >= 0.6 is 11.8 Å². The van der Waals surface area contributed by atoms with Gasteiger partial charge in [0.2, 0.25) is 5.89 Å². The van der Waals surface area contributed by atoms with Crippen molar-refractivity contribution in [2.75, 3.05) is 12.8 Å². The summed E-state index contributed by atoms with van der Waals surface area (Å²) >= 11 is 1.67. The summed E-state index contributed by atoms with van der Waals surface area (Å²) in [5.41, 5.74) is 2.05. The molecule has 3 aromatic heterocycles. The van der Waals surface area contributed by atoms with Gasteiger partial charge < -0.3 is 14.4 Å². The molecule has 1 N–H and O–H groups in total. The highest BCUT2D eigenvalue weighted by Crippen LogP contribution is 2.20. The maximum absolute atomic E-state index is 5.30. The SMILES string of the molecule is CSCc1noc(Cn2ccnc2-c2cc3n(n2)CCNC3)n1. The van der Waals surface area contributed by atoms with E-state index in [-0.39, 0.29) is 0 Å². The van der Waals surface area contributed by atoms with E-state index >= 15 is 0 Å². The van der Waals surface area contributed by atoms with E-state index in [0.29, 0.717) is 12.4 Å². The van der Waals surface area contributed by atoms with Crippen LogP contribution in [0.3, 0.4) is 0 Å². The molecule has 23 heavy (non-hydrogen) atoms. The van der Waals surface area contributed by atoms with E-state index in [0.717, 1.165) is 42.7 Å². The third kappa shape index (κ3) is 2.89. The van der Waals surface area contributed by atoms with Crippen LogP contribution in [0.15, 0.2) is 23.0 Å². The molecule has 3 aromatic rings. The van der Waals surface area contributed by atoms with Crippen LogP contribution in [-0.4, -0.2) is 42.3 Å². The zero-order chi connectivity index (χ0) is 15.6. The fourth-order valence-corrected chi connectivity index (χ4v) is 3.04. The Hall–Kier alpha value is -2.13. The minimum absolute atomic E-state index is 0.497. The third-order valence-electron chi connectivity index (χ3n) is 3.70. The Kier molecular flexibility index (Phi) is 3.88. The molecule has 0 saturated carbocycles. The first kappa shape index (κ1) is 14.5. The zero-order valence-corrected chi connectivity index (χ0v) is 13.6. The molecule has 0 radical (unpaired) electrons. The number of thioether (sulfide) groups is 1. The lowest BCUT2D eigenvalue weighted by Gasteiger charge is -2.13. The monoisotopic (exact) mass is 331 g/mol. The summed E-state index contributed by atoms with van der Waals surface area (Å²) in [5.74, 6) is 2.87. The van der Waals surface area contributed by atoms with Crippen molar-refractivity contribution in [3.8, 4) is 11.5 Å². The lowest BCUT2D eigenvalue weighted by Crippen LogP contribution is -2.28. The highest BCUT2D eigenvalue weighted by Gasteiger charge is 2.17. The normalized spacial score (nSPS) is 14.1. The molecule has 0 fully saturated rings. The van der Waals surface area contributed by atoms with Crippen molar-refractivity contribution >= 4 is 11.8 Å². The van der Waals surface area contributed by atoms with Gasteiger partial charge in [-0.3, -0.25) is 4.68 Å². The zero-order valence-electron chi connectivity index (χ0n) is 12.8. The smallest absolute Gasteiger partial charge is 0.246 e. The maximum Gasteiger partial charge on any atom is 0.246 e. The van der Waals surface area contributed by atoms with Crippen molar-refractivity contribution < 1.29 is 4.52 Å². The van der Waals surface area contributed by atoms with Gasteiger partial charge in [0.05, 0.1) is 18.0 Å². The Balaban J connectivity index is 1.59. The Labute approximate surface area is 137 Å². The summed E-state index contributed by atoms with van der Waals surface area (Å²) < 4.78 is 9.32. The van der Waals surface area contributed by atoms with Gasteiger partial charge in [0.15, 0.2) is 11.6 Å². The molecule has 0 saturated heterocycles. The van der Waals surface area contributed by atoms with Crippen molar-refractivity contribution in [2.45, 2.75) is 25.4 Å². The third-order valence-corrected chi connectivity index (χ3v) is 4.25. The van der Waals surface area contributed by atoms with Crippen LogP contribution in [0, 0.1) is 0 Å². The first-order valence-electron chi connectivity index (χ1n) is 7.43. The van der Waals surface area contributed by atoms with Crippen LogP contribution < -0.4 is 5.32 Å². The topological polar surface area (TPSA) is 86.6 Å². The van der Waals surface area contributed by atoms with Gasteiger partial charge in [-0.2, -0.15) is 21.8 Å². The molecule has 0 unspecified atom stereocenters. The average Bonchev–Trinajstić information content (AvgIpc) is 3.27. The largest absolute Gasteiger partial charge is 0.337 e. The van der Waals surface area contributed by atoms with Gasteiger partial charge in [0.25, 0.3) is 0 Å². The van der Waals surface area contributed by atoms with E-state index < -0.39 is 0 Å². The minimum Gasteiger partial charge on any atom is -0.337 e. The molecule has 1 aliphatic heterocycles. The van der Waals surface area contributed by atoms with E-state index in [9.17, 15) is 0 Å². The number of hydrogen-bond donors (Lipinski definition) is 1. The van der Waals surface area contributed by atoms with Crippen molar-refractivity contribution in [1.29, 1.82) is 0 Å². The predicted molar refractivity (Wildman–Crippen MR) is 85.8 cm³/mol. The molecular weight excluding hydrogens is 314 g/mol. The number of imidazole rings is 1. The van der Waals surface area contributed by atoms with Gasteiger partial charge in [-0.15, -0.1) is 0 Å². The number of hydrogen-bond acceptors (Lipinski definition) is 7. The number of aromatic nitrogens is 6. The van der Waals surface area contributed by atoms with E-state index in [1.54, 1.807) is 18.0 Å². The Bertz CT molecular complexity index is 782. The molecule has 0 bridgehead atoms. The quantitative estimate of drug-likeness (QED) is 0.750. The Morgan fingerprint density at radius 1 is 1.43 bits per heavy atom. The summed E-state index contributed by atoms with van der Waals surface area (Å²) in [6.45, 7) is 3.17. The molecule has 9 heteroatoms. The van der Waals surface area contributed by atoms with Gasteiger partial charge >= 0.3 is 0 Å². The molecular formula is C14H17N7OS. The van der Waals surface area contributed by atoms with E-state index in [1.165, 1.54) is 5.69 Å². The summed E-state index contributed by atoms with van der Waals surface area (Å²) in [6, 6.07) is 2.08. The lowest BCUT2D eigenvalue weighted by molar-refractivity contribution is 0.368. The molecule has 0 spiro atoms.